The molecule has 5 aromatic carbocycles. The molecule has 0 fully saturated rings. The highest BCUT2D eigenvalue weighted by Crippen LogP contribution is 2.35. The van der Waals surface area contributed by atoms with Gasteiger partial charge in [0.05, 0.1) is 33.7 Å². The van der Waals surface area contributed by atoms with Crippen molar-refractivity contribution in [3.63, 3.8) is 0 Å². The molecule has 0 N–H and O–H groups in total. The van der Waals surface area contributed by atoms with Crippen LogP contribution in [0.15, 0.2) is 158 Å². The molecule has 0 unspecified atom stereocenters. The molecule has 10 rings (SSSR count). The monoisotopic (exact) mass is 690 g/mol. The quantitative estimate of drug-likeness (QED) is 0.164. The molecule has 10 aromatic rings. The van der Waals surface area contributed by atoms with Crippen molar-refractivity contribution in [1.82, 2.24) is 34.9 Å². The summed E-state index contributed by atoms with van der Waals surface area (Å²) in [6.07, 6.45) is 7.27. The van der Waals surface area contributed by atoms with Gasteiger partial charge >= 0.3 is 0 Å². The van der Waals surface area contributed by atoms with Gasteiger partial charge in [-0.3, -0.25) is 19.9 Å². The highest BCUT2D eigenvalue weighted by molar-refractivity contribution is 6.09. The predicted molar refractivity (Wildman–Crippen MR) is 213 cm³/mol. The van der Waals surface area contributed by atoms with Gasteiger partial charge in [-0.15, -0.1) is 0 Å². The summed E-state index contributed by atoms with van der Waals surface area (Å²) in [4.78, 5) is 33.8. The van der Waals surface area contributed by atoms with Gasteiger partial charge < -0.3 is 0 Å². The lowest BCUT2D eigenvalue weighted by Gasteiger charge is -2.12. The van der Waals surface area contributed by atoms with Crippen LogP contribution in [0.4, 0.5) is 0 Å². The summed E-state index contributed by atoms with van der Waals surface area (Å²) in [6, 6.07) is 46.4. The fraction of sp³-hybridized carbons (Fsp3) is 0. The molecule has 0 amide bonds. The molecule has 0 aliphatic rings. The number of nitrogens with zero attached hydrogens (tertiary/aromatic N) is 8. The Bertz CT molecular complexity index is 2950. The SMILES string of the molecule is N#Cc1ccc(-c2nc(-c3cccc(-c4ccnc5c4ccc4cccnc45)c3)nc(-c3cccc(-c4ccnc5c4ccc4cccnc45)c3)n2)cc1. The summed E-state index contributed by atoms with van der Waals surface area (Å²) >= 11 is 0. The second-order valence-corrected chi connectivity index (χ2v) is 12.9. The summed E-state index contributed by atoms with van der Waals surface area (Å²) < 4.78 is 0. The van der Waals surface area contributed by atoms with Crippen molar-refractivity contribution in [3.8, 4) is 62.5 Å². The number of hydrogen-bond donors (Lipinski definition) is 0. The van der Waals surface area contributed by atoms with Gasteiger partial charge in [-0.2, -0.15) is 5.26 Å². The summed E-state index contributed by atoms with van der Waals surface area (Å²) in [5, 5.41) is 13.6. The van der Waals surface area contributed by atoms with Crippen molar-refractivity contribution in [2.75, 3.05) is 0 Å². The molecule has 5 heterocycles. The van der Waals surface area contributed by atoms with Gasteiger partial charge in [0.1, 0.15) is 0 Å². The Balaban J connectivity index is 1.12. The summed E-state index contributed by atoms with van der Waals surface area (Å²) in [5.41, 5.74) is 10.6. The average Bonchev–Trinajstić information content (AvgIpc) is 3.25. The van der Waals surface area contributed by atoms with Gasteiger partial charge in [0, 0.05) is 63.0 Å². The summed E-state index contributed by atoms with van der Waals surface area (Å²) in [5.74, 6) is 1.57. The second kappa shape index (κ2) is 12.8. The molecule has 0 atom stereocenters. The predicted octanol–water partition coefficient (Wildman–Crippen LogP) is 10.3. The number of nitriles is 1. The maximum Gasteiger partial charge on any atom is 0.164 e. The fourth-order valence-corrected chi connectivity index (χ4v) is 7.12. The molecule has 0 aliphatic carbocycles. The van der Waals surface area contributed by atoms with Crippen LogP contribution in [0.5, 0.6) is 0 Å². The van der Waals surface area contributed by atoms with E-state index in [1.807, 2.05) is 73.1 Å². The van der Waals surface area contributed by atoms with E-state index in [-0.39, 0.29) is 0 Å². The highest BCUT2D eigenvalue weighted by Gasteiger charge is 2.16. The molecule has 0 aliphatic heterocycles. The first-order valence-electron chi connectivity index (χ1n) is 17.4. The van der Waals surface area contributed by atoms with Crippen LogP contribution in [0.25, 0.3) is 100 Å². The van der Waals surface area contributed by atoms with E-state index in [2.05, 4.69) is 76.7 Å². The lowest BCUT2D eigenvalue weighted by atomic mass is 9.98. The Morgan fingerprint density at radius 3 is 1.33 bits per heavy atom. The number of benzene rings is 5. The maximum atomic E-state index is 9.45. The minimum Gasteiger partial charge on any atom is -0.254 e. The first-order valence-corrected chi connectivity index (χ1v) is 17.4. The van der Waals surface area contributed by atoms with E-state index in [1.165, 1.54) is 0 Å². The van der Waals surface area contributed by atoms with Crippen molar-refractivity contribution >= 4 is 43.6 Å². The Hall–Kier alpha value is -7.76. The van der Waals surface area contributed by atoms with E-state index < -0.39 is 0 Å². The lowest BCUT2D eigenvalue weighted by molar-refractivity contribution is 1.07. The third-order valence-corrected chi connectivity index (χ3v) is 9.74. The number of rotatable bonds is 5. The van der Waals surface area contributed by atoms with Gasteiger partial charge in [0.2, 0.25) is 0 Å². The molecule has 5 aromatic heterocycles. The van der Waals surface area contributed by atoms with E-state index in [0.717, 1.165) is 82.6 Å². The van der Waals surface area contributed by atoms with Crippen molar-refractivity contribution < 1.29 is 0 Å². The molecule has 0 spiro atoms. The van der Waals surface area contributed by atoms with Crippen molar-refractivity contribution in [2.24, 2.45) is 0 Å². The number of pyridine rings is 4. The molecule has 54 heavy (non-hydrogen) atoms. The van der Waals surface area contributed by atoms with Gasteiger partial charge in [-0.25, -0.2) is 15.0 Å². The van der Waals surface area contributed by atoms with Crippen molar-refractivity contribution in [1.29, 1.82) is 5.26 Å². The molecule has 8 nitrogen and oxygen atoms in total. The number of fused-ring (bicyclic) bond motifs is 6. The van der Waals surface area contributed by atoms with Crippen LogP contribution in [-0.4, -0.2) is 34.9 Å². The largest absolute Gasteiger partial charge is 0.254 e. The van der Waals surface area contributed by atoms with Crippen LogP contribution in [0, 0.1) is 11.3 Å². The van der Waals surface area contributed by atoms with Gasteiger partial charge in [0.25, 0.3) is 0 Å². The Kier molecular flexibility index (Phi) is 7.34. The molecule has 8 heteroatoms. The standard InChI is InChI=1S/C46H26N8/c47-27-28-11-13-31(14-12-28)44-52-45(34-7-1-5-32(25-34)36-19-23-50-42-38(36)17-15-29-9-3-21-48-40(29)42)54-46(53-44)35-8-2-6-33(26-35)37-20-24-51-43-39(37)18-16-30-10-4-22-49-41(30)43/h1-26H. The smallest absolute Gasteiger partial charge is 0.164 e. The van der Waals surface area contributed by atoms with Gasteiger partial charge in [-0.1, -0.05) is 72.8 Å². The average molecular weight is 691 g/mol. The number of hydrogen-bond acceptors (Lipinski definition) is 8. The van der Waals surface area contributed by atoms with Crippen LogP contribution in [-0.2, 0) is 0 Å². The minimum atomic E-state index is 0.508. The molecule has 0 saturated carbocycles. The zero-order valence-electron chi connectivity index (χ0n) is 28.6. The zero-order chi connectivity index (χ0) is 36.0. The normalized spacial score (nSPS) is 11.3. The summed E-state index contributed by atoms with van der Waals surface area (Å²) in [6.45, 7) is 0. The Labute approximate surface area is 309 Å². The lowest BCUT2D eigenvalue weighted by Crippen LogP contribution is -2.00. The second-order valence-electron chi connectivity index (χ2n) is 12.9. The third-order valence-electron chi connectivity index (χ3n) is 9.74. The third kappa shape index (κ3) is 5.36. The maximum absolute atomic E-state index is 9.45. The highest BCUT2D eigenvalue weighted by atomic mass is 15.0. The van der Waals surface area contributed by atoms with Crippen LogP contribution in [0.3, 0.4) is 0 Å². The van der Waals surface area contributed by atoms with E-state index in [0.29, 0.717) is 23.0 Å². The van der Waals surface area contributed by atoms with Crippen LogP contribution in [0.2, 0.25) is 0 Å². The first kappa shape index (κ1) is 31.0. The molecule has 0 bridgehead atoms. The molecule has 250 valence electrons. The Morgan fingerprint density at radius 2 is 0.833 bits per heavy atom. The number of aromatic nitrogens is 7. The van der Waals surface area contributed by atoms with E-state index in [4.69, 9.17) is 24.9 Å². The van der Waals surface area contributed by atoms with Crippen LogP contribution < -0.4 is 0 Å². The van der Waals surface area contributed by atoms with E-state index in [1.54, 1.807) is 24.5 Å². The minimum absolute atomic E-state index is 0.508. The zero-order valence-corrected chi connectivity index (χ0v) is 28.6. The van der Waals surface area contributed by atoms with Crippen molar-refractivity contribution in [3.05, 3.63) is 164 Å². The molecular weight excluding hydrogens is 665 g/mol. The Morgan fingerprint density at radius 1 is 0.370 bits per heavy atom. The molecule has 0 saturated heterocycles. The van der Waals surface area contributed by atoms with E-state index >= 15 is 0 Å². The van der Waals surface area contributed by atoms with Crippen molar-refractivity contribution in [2.45, 2.75) is 0 Å². The van der Waals surface area contributed by atoms with Crippen LogP contribution in [0.1, 0.15) is 5.56 Å². The topological polar surface area (TPSA) is 114 Å². The fourth-order valence-electron chi connectivity index (χ4n) is 7.12. The van der Waals surface area contributed by atoms with E-state index in [9.17, 15) is 5.26 Å². The first-order chi connectivity index (χ1) is 26.7. The molecular formula is C46H26N8. The van der Waals surface area contributed by atoms with Gasteiger partial charge in [-0.05, 0) is 82.9 Å². The van der Waals surface area contributed by atoms with Gasteiger partial charge in [0.15, 0.2) is 17.5 Å². The summed E-state index contributed by atoms with van der Waals surface area (Å²) in [7, 11) is 0. The van der Waals surface area contributed by atoms with Crippen LogP contribution >= 0.6 is 0 Å². The molecule has 0 radical (unpaired) electrons.